The third-order valence-electron chi connectivity index (χ3n) is 2.90. The summed E-state index contributed by atoms with van der Waals surface area (Å²) in [5.74, 6) is -0.467. The molecule has 1 amide bonds. The lowest BCUT2D eigenvalue weighted by molar-refractivity contribution is 0.0990. The molecule has 0 fully saturated rings. The Morgan fingerprint density at radius 2 is 2.10 bits per heavy atom. The van der Waals surface area contributed by atoms with Crippen LogP contribution in [0.15, 0.2) is 43.0 Å². The molecule has 0 unspecified atom stereocenters. The molecule has 21 heavy (non-hydrogen) atoms. The Bertz CT molecular complexity index is 776. The number of pyridine rings is 1. The van der Waals surface area contributed by atoms with Gasteiger partial charge in [0.1, 0.15) is 5.69 Å². The van der Waals surface area contributed by atoms with Crippen LogP contribution < -0.4 is 5.73 Å². The number of rotatable bonds is 4. The Labute approximate surface area is 118 Å². The van der Waals surface area contributed by atoms with E-state index in [2.05, 4.69) is 15.2 Å². The number of aromatic nitrogens is 5. The van der Waals surface area contributed by atoms with E-state index in [0.717, 1.165) is 11.8 Å². The predicted octanol–water partition coefficient (Wildman–Crippen LogP) is 0.750. The van der Waals surface area contributed by atoms with Crippen molar-refractivity contribution >= 4 is 5.91 Å². The zero-order valence-electron chi connectivity index (χ0n) is 10.8. The summed E-state index contributed by atoms with van der Waals surface area (Å²) in [5, 5.41) is 7.87. The van der Waals surface area contributed by atoms with Crippen LogP contribution in [0, 0.1) is 5.82 Å². The van der Waals surface area contributed by atoms with Gasteiger partial charge in [-0.05, 0) is 17.7 Å². The minimum atomic E-state index is -0.538. The number of nitrogens with two attached hydrogens (primary N) is 1. The second kappa shape index (κ2) is 5.16. The summed E-state index contributed by atoms with van der Waals surface area (Å²) in [6, 6.07) is 5.06. The van der Waals surface area contributed by atoms with Crippen molar-refractivity contribution in [2.75, 3.05) is 0 Å². The highest BCUT2D eigenvalue weighted by Gasteiger charge is 2.09. The van der Waals surface area contributed by atoms with E-state index in [1.165, 1.54) is 21.8 Å². The number of carbonyl (C=O) groups excluding carboxylic acids is 1. The van der Waals surface area contributed by atoms with Crippen molar-refractivity contribution in [3.05, 3.63) is 60.1 Å². The zero-order valence-corrected chi connectivity index (χ0v) is 10.8. The van der Waals surface area contributed by atoms with Crippen LogP contribution in [0.2, 0.25) is 0 Å². The summed E-state index contributed by atoms with van der Waals surface area (Å²) in [6.07, 6.45) is 5.47. The normalized spacial score (nSPS) is 10.7. The third-order valence-corrected chi connectivity index (χ3v) is 2.90. The summed E-state index contributed by atoms with van der Waals surface area (Å²) in [7, 11) is 0. The number of hydrogen-bond acceptors (Lipinski definition) is 4. The van der Waals surface area contributed by atoms with Crippen LogP contribution in [-0.2, 0) is 6.54 Å². The summed E-state index contributed by atoms with van der Waals surface area (Å²) in [4.78, 5) is 15.4. The Hall–Kier alpha value is -3.03. The van der Waals surface area contributed by atoms with E-state index in [1.54, 1.807) is 24.4 Å². The number of nitrogens with zero attached hydrogens (tertiary/aromatic N) is 5. The van der Waals surface area contributed by atoms with Crippen molar-refractivity contribution in [3.63, 3.8) is 0 Å². The second-order valence-corrected chi connectivity index (χ2v) is 4.37. The predicted molar refractivity (Wildman–Crippen MR) is 71.2 cm³/mol. The Balaban J connectivity index is 1.81. The van der Waals surface area contributed by atoms with Gasteiger partial charge in [0.05, 0.1) is 18.9 Å². The van der Waals surface area contributed by atoms with Gasteiger partial charge in [0, 0.05) is 12.4 Å². The molecule has 0 spiro atoms. The maximum Gasteiger partial charge on any atom is 0.266 e. The van der Waals surface area contributed by atoms with Gasteiger partial charge in [-0.15, -0.1) is 0 Å². The van der Waals surface area contributed by atoms with E-state index >= 15 is 0 Å². The molecule has 0 aliphatic carbocycles. The van der Waals surface area contributed by atoms with Crippen molar-refractivity contribution < 1.29 is 9.18 Å². The van der Waals surface area contributed by atoms with E-state index in [0.29, 0.717) is 18.1 Å². The summed E-state index contributed by atoms with van der Waals surface area (Å²) < 4.78 is 15.7. The topological polar surface area (TPSA) is 91.6 Å². The second-order valence-electron chi connectivity index (χ2n) is 4.37. The quantitative estimate of drug-likeness (QED) is 0.766. The Kier molecular flexibility index (Phi) is 3.19. The van der Waals surface area contributed by atoms with Crippen LogP contribution in [0.5, 0.6) is 0 Å². The average molecular weight is 286 g/mol. The van der Waals surface area contributed by atoms with E-state index in [9.17, 15) is 9.18 Å². The van der Waals surface area contributed by atoms with Gasteiger partial charge in [0.15, 0.2) is 11.6 Å². The van der Waals surface area contributed by atoms with E-state index in [-0.39, 0.29) is 0 Å². The van der Waals surface area contributed by atoms with Gasteiger partial charge < -0.3 is 5.73 Å². The van der Waals surface area contributed by atoms with Crippen LogP contribution in [0.3, 0.4) is 0 Å². The largest absolute Gasteiger partial charge is 0.364 e. The van der Waals surface area contributed by atoms with Crippen LogP contribution in [0.25, 0.3) is 5.82 Å². The van der Waals surface area contributed by atoms with E-state index < -0.39 is 11.7 Å². The SMILES string of the molecule is NC(=O)c1ccnn1Cc1ccc(-n2cc(F)cn2)nc1. The highest BCUT2D eigenvalue weighted by Crippen LogP contribution is 2.08. The summed E-state index contributed by atoms with van der Waals surface area (Å²) in [6.45, 7) is 0.367. The fourth-order valence-corrected chi connectivity index (χ4v) is 1.91. The molecule has 3 rings (SSSR count). The van der Waals surface area contributed by atoms with Crippen LogP contribution in [0.1, 0.15) is 16.1 Å². The zero-order chi connectivity index (χ0) is 14.8. The Morgan fingerprint density at radius 1 is 1.24 bits per heavy atom. The van der Waals surface area contributed by atoms with Crippen molar-refractivity contribution in [1.29, 1.82) is 0 Å². The lowest BCUT2D eigenvalue weighted by atomic mass is 10.2. The highest BCUT2D eigenvalue weighted by molar-refractivity contribution is 5.90. The molecule has 0 atom stereocenters. The van der Waals surface area contributed by atoms with Gasteiger partial charge in [-0.3, -0.25) is 9.48 Å². The van der Waals surface area contributed by atoms with Gasteiger partial charge in [-0.25, -0.2) is 14.1 Å². The first kappa shape index (κ1) is 13.0. The maximum absolute atomic E-state index is 12.9. The van der Waals surface area contributed by atoms with Crippen molar-refractivity contribution in [3.8, 4) is 5.82 Å². The molecule has 3 aromatic rings. The molecular weight excluding hydrogens is 275 g/mol. The first-order valence-corrected chi connectivity index (χ1v) is 6.10. The van der Waals surface area contributed by atoms with Crippen LogP contribution >= 0.6 is 0 Å². The molecule has 0 bridgehead atoms. The molecule has 106 valence electrons. The molecule has 8 heteroatoms. The minimum absolute atomic E-state index is 0.327. The maximum atomic E-state index is 12.9. The van der Waals surface area contributed by atoms with Crippen LogP contribution in [0.4, 0.5) is 4.39 Å². The molecule has 7 nitrogen and oxygen atoms in total. The van der Waals surface area contributed by atoms with E-state index in [1.807, 2.05) is 0 Å². The van der Waals surface area contributed by atoms with Gasteiger partial charge in [-0.1, -0.05) is 6.07 Å². The number of amides is 1. The lowest BCUT2D eigenvalue weighted by Gasteiger charge is -2.06. The number of halogens is 1. The van der Waals surface area contributed by atoms with Crippen LogP contribution in [-0.4, -0.2) is 30.5 Å². The van der Waals surface area contributed by atoms with Crippen molar-refractivity contribution in [2.24, 2.45) is 5.73 Å². The molecule has 0 radical (unpaired) electrons. The van der Waals surface area contributed by atoms with Gasteiger partial charge >= 0.3 is 0 Å². The molecule has 0 aromatic carbocycles. The molecular formula is C13H11FN6O. The molecule has 3 aromatic heterocycles. The fraction of sp³-hybridized carbons (Fsp3) is 0.0769. The van der Waals surface area contributed by atoms with Gasteiger partial charge in [0.25, 0.3) is 5.91 Å². The monoisotopic (exact) mass is 286 g/mol. The first-order valence-electron chi connectivity index (χ1n) is 6.10. The summed E-state index contributed by atoms with van der Waals surface area (Å²) >= 11 is 0. The van der Waals surface area contributed by atoms with Crippen molar-refractivity contribution in [1.82, 2.24) is 24.5 Å². The number of carbonyl (C=O) groups is 1. The standard InChI is InChI=1S/C13H11FN6O/c14-10-6-18-20(8-10)12-2-1-9(5-16-12)7-19-11(13(15)21)3-4-17-19/h1-6,8H,7H2,(H2,15,21). The van der Waals surface area contributed by atoms with Gasteiger partial charge in [0.2, 0.25) is 0 Å². The Morgan fingerprint density at radius 3 is 2.71 bits per heavy atom. The van der Waals surface area contributed by atoms with Crippen molar-refractivity contribution in [2.45, 2.75) is 6.54 Å². The third kappa shape index (κ3) is 2.64. The molecule has 0 aliphatic heterocycles. The minimum Gasteiger partial charge on any atom is -0.364 e. The fourth-order valence-electron chi connectivity index (χ4n) is 1.91. The molecule has 0 saturated heterocycles. The summed E-state index contributed by atoms with van der Waals surface area (Å²) in [5.41, 5.74) is 6.41. The molecule has 3 heterocycles. The number of hydrogen-bond donors (Lipinski definition) is 1. The molecule has 0 aliphatic rings. The highest BCUT2D eigenvalue weighted by atomic mass is 19.1. The average Bonchev–Trinajstić information content (AvgIpc) is 3.09. The molecule has 2 N–H and O–H groups in total. The first-order chi connectivity index (χ1) is 10.1. The number of primary amides is 1. The smallest absolute Gasteiger partial charge is 0.266 e. The lowest BCUT2D eigenvalue weighted by Crippen LogP contribution is -2.18. The molecule has 0 saturated carbocycles. The van der Waals surface area contributed by atoms with Gasteiger partial charge in [-0.2, -0.15) is 10.2 Å². The van der Waals surface area contributed by atoms with E-state index in [4.69, 9.17) is 5.73 Å².